The highest BCUT2D eigenvalue weighted by Crippen LogP contribution is 2.65. The molecule has 4 aliphatic carbocycles. The van der Waals surface area contributed by atoms with Gasteiger partial charge in [-0.1, -0.05) is 58.4 Å². The van der Waals surface area contributed by atoms with Crippen LogP contribution in [0.15, 0.2) is 11.6 Å². The van der Waals surface area contributed by atoms with Gasteiger partial charge in [-0.2, -0.15) is 0 Å². The molecule has 6 atom stereocenters. The third kappa shape index (κ3) is 3.23. The van der Waals surface area contributed by atoms with Crippen molar-refractivity contribution in [2.75, 3.05) is 0 Å². The fourth-order valence-corrected chi connectivity index (χ4v) is 7.82. The van der Waals surface area contributed by atoms with Gasteiger partial charge in [-0.15, -0.1) is 0 Å². The Kier molecular flexibility index (Phi) is 5.62. The third-order valence-corrected chi connectivity index (χ3v) is 9.48. The third-order valence-electron chi connectivity index (χ3n) is 9.48. The van der Waals surface area contributed by atoms with Crippen LogP contribution in [-0.2, 0) is 9.59 Å². The summed E-state index contributed by atoms with van der Waals surface area (Å²) < 4.78 is 0. The van der Waals surface area contributed by atoms with Crippen molar-refractivity contribution in [3.8, 4) is 0 Å². The number of Topliss-reactive ketones (excluding diaryl/α,β-unsaturated/α-hetero) is 1. The van der Waals surface area contributed by atoms with E-state index in [2.05, 4.69) is 26.8 Å². The fourth-order valence-electron chi connectivity index (χ4n) is 7.82. The van der Waals surface area contributed by atoms with Gasteiger partial charge < -0.3 is 0 Å². The van der Waals surface area contributed by atoms with Gasteiger partial charge in [0.25, 0.3) is 0 Å². The van der Waals surface area contributed by atoms with E-state index in [0.29, 0.717) is 35.2 Å². The van der Waals surface area contributed by atoms with Crippen LogP contribution in [-0.4, -0.2) is 11.6 Å². The Hall–Kier alpha value is -0.920. The molecule has 3 fully saturated rings. The summed E-state index contributed by atoms with van der Waals surface area (Å²) in [5, 5.41) is 0. The molecule has 0 spiro atoms. The quantitative estimate of drug-likeness (QED) is 0.479. The van der Waals surface area contributed by atoms with Crippen molar-refractivity contribution in [2.45, 2.75) is 104 Å². The van der Waals surface area contributed by atoms with E-state index in [1.54, 1.807) is 0 Å². The molecule has 0 N–H and O–H groups in total. The number of hydrogen-bond acceptors (Lipinski definition) is 2. The zero-order valence-corrected chi connectivity index (χ0v) is 18.4. The summed E-state index contributed by atoms with van der Waals surface area (Å²) in [7, 11) is 0. The van der Waals surface area contributed by atoms with Crippen LogP contribution in [0.1, 0.15) is 104 Å². The summed E-state index contributed by atoms with van der Waals surface area (Å²) in [5.74, 6) is 3.46. The first kappa shape index (κ1) is 20.4. The van der Waals surface area contributed by atoms with Crippen LogP contribution in [0.2, 0.25) is 0 Å². The summed E-state index contributed by atoms with van der Waals surface area (Å²) in [4.78, 5) is 25.0. The molecule has 28 heavy (non-hydrogen) atoms. The number of unbranched alkanes of at least 4 members (excludes halogenated alkanes) is 4. The molecule has 0 amide bonds. The minimum atomic E-state index is -0.0467. The Morgan fingerprint density at radius 1 is 0.929 bits per heavy atom. The molecular weight excluding hydrogens is 344 g/mol. The Bertz CT molecular complexity index is 661. The van der Waals surface area contributed by atoms with Crippen molar-refractivity contribution in [1.29, 1.82) is 0 Å². The van der Waals surface area contributed by atoms with E-state index in [-0.39, 0.29) is 10.8 Å². The molecule has 0 aromatic carbocycles. The summed E-state index contributed by atoms with van der Waals surface area (Å²) in [6.07, 6.45) is 17.1. The topological polar surface area (TPSA) is 34.1 Å². The van der Waals surface area contributed by atoms with Crippen LogP contribution in [0.4, 0.5) is 0 Å². The standard InChI is InChI=1S/C26H40O2/c1-4-5-6-7-8-9-18-16-20-21-10-11-24(28)26(21,3)15-13-22(20)25(2)14-12-19(27)17-23(18)25/h17-18,20-22H,4-16H2,1-3H3/t18-,20+,21+,22+,25-,26+/m1/s1. The van der Waals surface area contributed by atoms with Crippen molar-refractivity contribution in [1.82, 2.24) is 0 Å². The lowest BCUT2D eigenvalue weighted by Gasteiger charge is -2.59. The molecule has 4 aliphatic rings. The van der Waals surface area contributed by atoms with Crippen LogP contribution in [0, 0.1) is 34.5 Å². The number of rotatable bonds is 6. The lowest BCUT2D eigenvalue weighted by molar-refractivity contribution is -0.133. The van der Waals surface area contributed by atoms with Gasteiger partial charge in [0.15, 0.2) is 5.78 Å². The van der Waals surface area contributed by atoms with Crippen molar-refractivity contribution in [2.24, 2.45) is 34.5 Å². The number of allylic oxidation sites excluding steroid dienone is 1. The van der Waals surface area contributed by atoms with Gasteiger partial charge in [0.05, 0.1) is 0 Å². The second-order valence-corrected chi connectivity index (χ2v) is 10.9. The molecule has 0 radical (unpaired) electrons. The van der Waals surface area contributed by atoms with Crippen LogP contribution in [0.25, 0.3) is 0 Å². The molecule has 0 bridgehead atoms. The van der Waals surface area contributed by atoms with Crippen molar-refractivity contribution < 1.29 is 9.59 Å². The smallest absolute Gasteiger partial charge is 0.155 e. The fraction of sp³-hybridized carbons (Fsp3) is 0.846. The summed E-state index contributed by atoms with van der Waals surface area (Å²) in [6.45, 7) is 7.03. The lowest BCUT2D eigenvalue weighted by atomic mass is 9.45. The molecule has 0 saturated heterocycles. The highest BCUT2D eigenvalue weighted by atomic mass is 16.1. The second-order valence-electron chi connectivity index (χ2n) is 10.9. The predicted octanol–water partition coefficient (Wildman–Crippen LogP) is 6.67. The zero-order chi connectivity index (χ0) is 19.9. The van der Waals surface area contributed by atoms with Crippen LogP contribution >= 0.6 is 0 Å². The predicted molar refractivity (Wildman–Crippen MR) is 114 cm³/mol. The van der Waals surface area contributed by atoms with E-state index < -0.39 is 0 Å². The second kappa shape index (κ2) is 7.73. The average Bonchev–Trinajstić information content (AvgIpc) is 2.98. The first-order valence-corrected chi connectivity index (χ1v) is 12.2. The minimum absolute atomic E-state index is 0.0467. The van der Waals surface area contributed by atoms with Crippen molar-refractivity contribution in [3.63, 3.8) is 0 Å². The van der Waals surface area contributed by atoms with E-state index in [0.717, 1.165) is 32.1 Å². The van der Waals surface area contributed by atoms with Gasteiger partial charge in [-0.05, 0) is 73.7 Å². The van der Waals surface area contributed by atoms with Gasteiger partial charge in [-0.25, -0.2) is 0 Å². The molecule has 4 rings (SSSR count). The molecule has 0 unspecified atom stereocenters. The number of ketones is 2. The van der Waals surface area contributed by atoms with Crippen LogP contribution < -0.4 is 0 Å². The molecule has 0 heterocycles. The molecule has 0 aromatic heterocycles. The van der Waals surface area contributed by atoms with Gasteiger partial charge in [0, 0.05) is 18.3 Å². The van der Waals surface area contributed by atoms with Gasteiger partial charge in [-0.3, -0.25) is 9.59 Å². The summed E-state index contributed by atoms with van der Waals surface area (Å²) in [5.41, 5.74) is 1.67. The number of hydrogen-bond donors (Lipinski definition) is 0. The lowest BCUT2D eigenvalue weighted by Crippen LogP contribution is -2.52. The monoisotopic (exact) mass is 384 g/mol. The van der Waals surface area contributed by atoms with E-state index in [4.69, 9.17) is 0 Å². The molecule has 3 saturated carbocycles. The average molecular weight is 385 g/mol. The molecule has 2 heteroatoms. The van der Waals surface area contributed by atoms with E-state index >= 15 is 0 Å². The first-order valence-electron chi connectivity index (χ1n) is 12.2. The van der Waals surface area contributed by atoms with E-state index in [1.807, 2.05) is 0 Å². The Morgan fingerprint density at radius 2 is 1.68 bits per heavy atom. The van der Waals surface area contributed by atoms with Crippen LogP contribution in [0.3, 0.4) is 0 Å². The Balaban J connectivity index is 1.58. The van der Waals surface area contributed by atoms with Crippen LogP contribution in [0.5, 0.6) is 0 Å². The summed E-state index contributed by atoms with van der Waals surface area (Å²) in [6, 6.07) is 0. The van der Waals surface area contributed by atoms with Crippen molar-refractivity contribution in [3.05, 3.63) is 11.6 Å². The zero-order valence-electron chi connectivity index (χ0n) is 18.4. The maximum absolute atomic E-state index is 12.7. The molecule has 156 valence electrons. The van der Waals surface area contributed by atoms with Gasteiger partial charge >= 0.3 is 0 Å². The Morgan fingerprint density at radius 3 is 2.46 bits per heavy atom. The van der Waals surface area contributed by atoms with Gasteiger partial charge in [0.2, 0.25) is 0 Å². The number of carbonyl (C=O) groups is 2. The molecular formula is C26H40O2. The largest absolute Gasteiger partial charge is 0.299 e. The first-order chi connectivity index (χ1) is 13.4. The van der Waals surface area contributed by atoms with E-state index in [9.17, 15) is 9.59 Å². The summed E-state index contributed by atoms with van der Waals surface area (Å²) >= 11 is 0. The maximum atomic E-state index is 12.7. The van der Waals surface area contributed by atoms with E-state index in [1.165, 1.54) is 56.9 Å². The number of fused-ring (bicyclic) bond motifs is 5. The molecule has 2 nitrogen and oxygen atoms in total. The highest BCUT2D eigenvalue weighted by molar-refractivity contribution is 5.92. The maximum Gasteiger partial charge on any atom is 0.155 e. The normalized spacial score (nSPS) is 42.6. The Labute approximate surface area is 171 Å². The molecule has 0 aliphatic heterocycles. The SMILES string of the molecule is CCCCCCC[C@@H]1C[C@@H]2[C@H](CC[C@]3(C)C(=O)CC[C@@H]23)[C@@]2(C)CCC(=O)C=C12. The molecule has 0 aromatic rings. The van der Waals surface area contributed by atoms with Gasteiger partial charge in [0.1, 0.15) is 5.78 Å². The highest BCUT2D eigenvalue weighted by Gasteiger charge is 2.60. The minimum Gasteiger partial charge on any atom is -0.299 e. The number of carbonyl (C=O) groups excluding carboxylic acids is 2. The van der Waals surface area contributed by atoms with Crippen molar-refractivity contribution >= 4 is 11.6 Å².